The molecule has 0 aliphatic carbocycles. The second kappa shape index (κ2) is 5.88. The highest BCUT2D eigenvalue weighted by molar-refractivity contribution is 5.99. The van der Waals surface area contributed by atoms with E-state index in [1.807, 2.05) is 32.0 Å². The molecule has 1 aliphatic heterocycles. The lowest BCUT2D eigenvalue weighted by atomic mass is 9.92. The van der Waals surface area contributed by atoms with E-state index in [0.717, 1.165) is 6.42 Å². The Morgan fingerprint density at radius 2 is 1.86 bits per heavy atom. The predicted octanol–water partition coefficient (Wildman–Crippen LogP) is 2.13. The summed E-state index contributed by atoms with van der Waals surface area (Å²) in [6, 6.07) is 9.70. The van der Waals surface area contributed by atoms with Crippen LogP contribution in [0, 0.1) is 0 Å². The number of piperazine rings is 1. The number of rotatable bonds is 4. The van der Waals surface area contributed by atoms with Crippen LogP contribution in [0.2, 0.25) is 0 Å². The van der Waals surface area contributed by atoms with Crippen LogP contribution < -0.4 is 5.32 Å². The van der Waals surface area contributed by atoms with Gasteiger partial charge in [0, 0.05) is 6.04 Å². The van der Waals surface area contributed by atoms with Crippen LogP contribution in [0.25, 0.3) is 0 Å². The van der Waals surface area contributed by atoms with E-state index in [-0.39, 0.29) is 23.9 Å². The van der Waals surface area contributed by atoms with Crippen molar-refractivity contribution in [3.8, 4) is 0 Å². The van der Waals surface area contributed by atoms with Crippen molar-refractivity contribution in [1.29, 1.82) is 0 Å². The lowest BCUT2D eigenvalue weighted by Gasteiger charge is -2.45. The fraction of sp³-hybridized carbons (Fsp3) is 0.529. The molecule has 1 fully saturated rings. The average molecular weight is 288 g/mol. The van der Waals surface area contributed by atoms with Crippen LogP contribution in [0.1, 0.15) is 39.7 Å². The first-order valence-electron chi connectivity index (χ1n) is 7.55. The van der Waals surface area contributed by atoms with Gasteiger partial charge in [0.15, 0.2) is 0 Å². The minimum Gasteiger partial charge on any atom is -0.340 e. The van der Waals surface area contributed by atoms with E-state index < -0.39 is 5.54 Å². The number of carbonyl (C=O) groups excluding carboxylic acids is 2. The molecule has 1 aliphatic rings. The Labute approximate surface area is 126 Å². The molecular weight excluding hydrogens is 264 g/mol. The van der Waals surface area contributed by atoms with Gasteiger partial charge in [-0.1, -0.05) is 37.3 Å². The lowest BCUT2D eigenvalue weighted by Crippen LogP contribution is -2.69. The first-order valence-corrected chi connectivity index (χ1v) is 7.55. The number of carbonyl (C=O) groups is 2. The number of amides is 2. The van der Waals surface area contributed by atoms with Crippen molar-refractivity contribution in [1.82, 2.24) is 10.2 Å². The summed E-state index contributed by atoms with van der Waals surface area (Å²) in [5.74, 6) is -0.0561. The maximum absolute atomic E-state index is 12.7. The summed E-state index contributed by atoms with van der Waals surface area (Å²) in [6.07, 6.45) is 1.39. The van der Waals surface area contributed by atoms with Crippen LogP contribution in [0.15, 0.2) is 30.3 Å². The zero-order valence-corrected chi connectivity index (χ0v) is 13.2. The molecule has 114 valence electrons. The van der Waals surface area contributed by atoms with E-state index in [1.165, 1.54) is 5.56 Å². The molecule has 1 saturated heterocycles. The number of hydrogen-bond donors (Lipinski definition) is 1. The third kappa shape index (κ3) is 3.09. The minimum absolute atomic E-state index is 0.00242. The van der Waals surface area contributed by atoms with Gasteiger partial charge in [-0.3, -0.25) is 9.59 Å². The summed E-state index contributed by atoms with van der Waals surface area (Å²) in [5, 5.41) is 2.82. The van der Waals surface area contributed by atoms with Crippen molar-refractivity contribution in [2.24, 2.45) is 0 Å². The van der Waals surface area contributed by atoms with Crippen LogP contribution >= 0.6 is 0 Å². The second-order valence-corrected chi connectivity index (χ2v) is 6.29. The van der Waals surface area contributed by atoms with E-state index >= 15 is 0 Å². The summed E-state index contributed by atoms with van der Waals surface area (Å²) in [5.41, 5.74) is 0.352. The van der Waals surface area contributed by atoms with E-state index in [2.05, 4.69) is 17.4 Å². The maximum Gasteiger partial charge on any atom is 0.248 e. The molecule has 0 bridgehead atoms. The summed E-state index contributed by atoms with van der Waals surface area (Å²) >= 11 is 0. The molecule has 0 spiro atoms. The summed E-state index contributed by atoms with van der Waals surface area (Å²) < 4.78 is 0. The van der Waals surface area contributed by atoms with Gasteiger partial charge >= 0.3 is 0 Å². The molecular formula is C17H24N2O2. The summed E-state index contributed by atoms with van der Waals surface area (Å²) in [6.45, 7) is 7.49. The van der Waals surface area contributed by atoms with Crippen LogP contribution in [0.3, 0.4) is 0 Å². The van der Waals surface area contributed by atoms with Crippen molar-refractivity contribution in [2.45, 2.75) is 58.2 Å². The topological polar surface area (TPSA) is 49.4 Å². The Kier molecular flexibility index (Phi) is 4.35. The third-order valence-corrected chi connectivity index (χ3v) is 4.08. The van der Waals surface area contributed by atoms with Crippen LogP contribution in [0.4, 0.5) is 0 Å². The fourth-order valence-corrected chi connectivity index (χ4v) is 2.98. The van der Waals surface area contributed by atoms with Gasteiger partial charge < -0.3 is 10.2 Å². The maximum atomic E-state index is 12.7. The second-order valence-electron chi connectivity index (χ2n) is 6.29. The molecule has 0 aromatic heterocycles. The number of benzene rings is 1. The van der Waals surface area contributed by atoms with Gasteiger partial charge in [-0.05, 0) is 39.2 Å². The molecule has 2 rings (SSSR count). The van der Waals surface area contributed by atoms with Gasteiger partial charge in [-0.15, -0.1) is 0 Å². The van der Waals surface area contributed by atoms with Crippen LogP contribution in [0.5, 0.6) is 0 Å². The number of nitrogens with one attached hydrogen (secondary N) is 1. The standard InChI is InChI=1S/C17H24N2O2/c1-5-14-15(20)18-17(3,4)16(21)19(14)12(2)11-13-9-7-6-8-10-13/h6-10,12,14H,5,11H2,1-4H3,(H,18,20). The Hall–Kier alpha value is -1.84. The van der Waals surface area contributed by atoms with Gasteiger partial charge in [-0.25, -0.2) is 0 Å². The van der Waals surface area contributed by atoms with Crippen LogP contribution in [-0.4, -0.2) is 34.3 Å². The van der Waals surface area contributed by atoms with Gasteiger partial charge in [0.2, 0.25) is 11.8 Å². The molecule has 2 atom stereocenters. The predicted molar refractivity (Wildman–Crippen MR) is 82.8 cm³/mol. The Morgan fingerprint density at radius 1 is 1.24 bits per heavy atom. The number of hydrogen-bond acceptors (Lipinski definition) is 2. The molecule has 1 aromatic rings. The van der Waals surface area contributed by atoms with Gasteiger partial charge in [0.05, 0.1) is 0 Å². The molecule has 1 heterocycles. The summed E-state index contributed by atoms with van der Waals surface area (Å²) in [7, 11) is 0. The Bertz CT molecular complexity index is 525. The van der Waals surface area contributed by atoms with Crippen molar-refractivity contribution >= 4 is 11.8 Å². The van der Waals surface area contributed by atoms with Gasteiger partial charge in [0.25, 0.3) is 0 Å². The molecule has 2 amide bonds. The lowest BCUT2D eigenvalue weighted by molar-refractivity contribution is -0.156. The SMILES string of the molecule is CCC1C(=O)NC(C)(C)C(=O)N1C(C)Cc1ccccc1. The highest BCUT2D eigenvalue weighted by Gasteiger charge is 2.46. The molecule has 0 radical (unpaired) electrons. The third-order valence-electron chi connectivity index (χ3n) is 4.08. The molecule has 1 N–H and O–H groups in total. The molecule has 21 heavy (non-hydrogen) atoms. The quantitative estimate of drug-likeness (QED) is 0.922. The van der Waals surface area contributed by atoms with Crippen molar-refractivity contribution in [3.05, 3.63) is 35.9 Å². The van der Waals surface area contributed by atoms with E-state index in [4.69, 9.17) is 0 Å². The Balaban J connectivity index is 2.24. The largest absolute Gasteiger partial charge is 0.340 e. The minimum atomic E-state index is -0.826. The van der Waals surface area contributed by atoms with Gasteiger partial charge in [-0.2, -0.15) is 0 Å². The van der Waals surface area contributed by atoms with Crippen molar-refractivity contribution in [3.63, 3.8) is 0 Å². The smallest absolute Gasteiger partial charge is 0.248 e. The molecule has 4 heteroatoms. The fourth-order valence-electron chi connectivity index (χ4n) is 2.98. The zero-order chi connectivity index (χ0) is 15.6. The Morgan fingerprint density at radius 3 is 2.43 bits per heavy atom. The zero-order valence-electron chi connectivity index (χ0n) is 13.2. The van der Waals surface area contributed by atoms with Crippen molar-refractivity contribution < 1.29 is 9.59 Å². The molecule has 0 saturated carbocycles. The highest BCUT2D eigenvalue weighted by atomic mass is 16.2. The molecule has 2 unspecified atom stereocenters. The normalized spacial score (nSPS) is 22.9. The molecule has 1 aromatic carbocycles. The van der Waals surface area contributed by atoms with E-state index in [0.29, 0.717) is 6.42 Å². The average Bonchev–Trinajstić information content (AvgIpc) is 2.43. The van der Waals surface area contributed by atoms with Crippen LogP contribution in [-0.2, 0) is 16.0 Å². The van der Waals surface area contributed by atoms with E-state index in [1.54, 1.807) is 18.7 Å². The van der Waals surface area contributed by atoms with Crippen molar-refractivity contribution in [2.75, 3.05) is 0 Å². The first kappa shape index (κ1) is 15.5. The highest BCUT2D eigenvalue weighted by Crippen LogP contribution is 2.24. The molecule has 4 nitrogen and oxygen atoms in total. The van der Waals surface area contributed by atoms with Gasteiger partial charge in [0.1, 0.15) is 11.6 Å². The number of nitrogens with zero attached hydrogens (tertiary/aromatic N) is 1. The first-order chi connectivity index (χ1) is 9.86. The monoisotopic (exact) mass is 288 g/mol. The summed E-state index contributed by atoms with van der Waals surface area (Å²) in [4.78, 5) is 26.7. The van der Waals surface area contributed by atoms with E-state index in [9.17, 15) is 9.59 Å².